The zero-order chi connectivity index (χ0) is 14.7. The lowest BCUT2D eigenvalue weighted by atomic mass is 10.00. The molecule has 106 valence electrons. The van der Waals surface area contributed by atoms with Crippen LogP contribution >= 0.6 is 39.1 Å². The molecule has 1 unspecified atom stereocenters. The molecule has 0 aliphatic rings. The molecular weight excluding hydrogens is 364 g/mol. The van der Waals surface area contributed by atoms with Gasteiger partial charge in [0, 0.05) is 20.6 Å². The van der Waals surface area contributed by atoms with Gasteiger partial charge in [-0.3, -0.25) is 0 Å². The minimum absolute atomic E-state index is 0.137. The van der Waals surface area contributed by atoms with Gasteiger partial charge in [0.05, 0.1) is 0 Å². The van der Waals surface area contributed by atoms with Crippen molar-refractivity contribution in [1.82, 2.24) is 0 Å². The Morgan fingerprint density at radius 2 is 1.85 bits per heavy atom. The first-order valence-corrected chi connectivity index (χ1v) is 7.63. The van der Waals surface area contributed by atoms with Crippen LogP contribution < -0.4 is 5.73 Å². The van der Waals surface area contributed by atoms with Crippen molar-refractivity contribution in [3.63, 3.8) is 0 Å². The summed E-state index contributed by atoms with van der Waals surface area (Å²) in [5.41, 5.74) is 7.91. The smallest absolute Gasteiger partial charge is 0.124 e. The minimum Gasteiger partial charge on any atom is -0.327 e. The van der Waals surface area contributed by atoms with Gasteiger partial charge in [0.25, 0.3) is 0 Å². The first-order valence-electron chi connectivity index (χ1n) is 6.08. The van der Waals surface area contributed by atoms with Crippen molar-refractivity contribution in [2.45, 2.75) is 18.9 Å². The van der Waals surface area contributed by atoms with Crippen LogP contribution in [-0.4, -0.2) is 6.04 Å². The van der Waals surface area contributed by atoms with Crippen LogP contribution in [0.15, 0.2) is 40.9 Å². The van der Waals surface area contributed by atoms with Crippen molar-refractivity contribution in [3.8, 4) is 0 Å². The molecule has 2 aromatic carbocycles. The molecule has 2 rings (SSSR count). The molecule has 1 nitrogen and oxygen atoms in total. The molecule has 5 heteroatoms. The molecule has 1 atom stereocenters. The summed E-state index contributed by atoms with van der Waals surface area (Å²) in [7, 11) is 0. The van der Waals surface area contributed by atoms with Gasteiger partial charge in [0.15, 0.2) is 0 Å². The first kappa shape index (κ1) is 15.8. The monoisotopic (exact) mass is 375 g/mol. The molecule has 0 fully saturated rings. The fraction of sp³-hybridized carbons (Fsp3) is 0.200. The summed E-state index contributed by atoms with van der Waals surface area (Å²) in [5.74, 6) is -0.272. The molecule has 0 saturated heterocycles. The number of hydrogen-bond donors (Lipinski definition) is 1. The number of halogens is 4. The molecule has 0 amide bonds. The van der Waals surface area contributed by atoms with E-state index in [-0.39, 0.29) is 11.9 Å². The zero-order valence-electron chi connectivity index (χ0n) is 10.5. The maximum Gasteiger partial charge on any atom is 0.124 e. The summed E-state index contributed by atoms with van der Waals surface area (Å²) in [6.07, 6.45) is 1.19. The molecule has 0 heterocycles. The van der Waals surface area contributed by atoms with E-state index in [2.05, 4.69) is 15.9 Å². The summed E-state index contributed by atoms with van der Waals surface area (Å²) >= 11 is 15.2. The Hall–Kier alpha value is -0.610. The molecule has 0 aromatic heterocycles. The van der Waals surface area contributed by atoms with Crippen molar-refractivity contribution in [1.29, 1.82) is 0 Å². The van der Waals surface area contributed by atoms with E-state index < -0.39 is 0 Å². The van der Waals surface area contributed by atoms with Crippen LogP contribution in [0.3, 0.4) is 0 Å². The summed E-state index contributed by atoms with van der Waals surface area (Å²) in [5, 5.41) is 1.20. The summed E-state index contributed by atoms with van der Waals surface area (Å²) < 4.78 is 14.0. The fourth-order valence-corrected chi connectivity index (χ4v) is 3.07. The van der Waals surface area contributed by atoms with E-state index in [1.54, 1.807) is 12.1 Å². The van der Waals surface area contributed by atoms with E-state index in [1.165, 1.54) is 12.1 Å². The maximum absolute atomic E-state index is 13.3. The maximum atomic E-state index is 13.3. The first-order chi connectivity index (χ1) is 9.44. The lowest BCUT2D eigenvalue weighted by Gasteiger charge is -2.13. The molecule has 20 heavy (non-hydrogen) atoms. The lowest BCUT2D eigenvalue weighted by molar-refractivity contribution is 0.617. The summed E-state index contributed by atoms with van der Waals surface area (Å²) in [6, 6.07) is 10.00. The van der Waals surface area contributed by atoms with Gasteiger partial charge >= 0.3 is 0 Å². The molecular formula is C15H13BrCl2FN. The van der Waals surface area contributed by atoms with Crippen molar-refractivity contribution in [2.24, 2.45) is 5.73 Å². The third-order valence-corrected chi connectivity index (χ3v) is 3.96. The van der Waals surface area contributed by atoms with Crippen LogP contribution in [0.1, 0.15) is 11.1 Å². The van der Waals surface area contributed by atoms with Crippen molar-refractivity contribution >= 4 is 39.1 Å². The van der Waals surface area contributed by atoms with E-state index >= 15 is 0 Å². The number of nitrogens with two attached hydrogens (primary N) is 1. The highest BCUT2D eigenvalue weighted by molar-refractivity contribution is 9.10. The molecule has 0 spiro atoms. The topological polar surface area (TPSA) is 26.0 Å². The zero-order valence-corrected chi connectivity index (χ0v) is 13.6. The molecule has 0 radical (unpaired) electrons. The molecule has 0 aliphatic heterocycles. The Bertz CT molecular complexity index is 599. The average molecular weight is 377 g/mol. The SMILES string of the molecule is NC(Cc1cc(F)cc(Br)c1)Cc1ccc(Cl)cc1Cl. The second-order valence-corrected chi connectivity index (χ2v) is 6.44. The Kier molecular flexibility index (Phi) is 5.44. The summed E-state index contributed by atoms with van der Waals surface area (Å²) in [4.78, 5) is 0. The van der Waals surface area contributed by atoms with Crippen LogP contribution in [0.4, 0.5) is 4.39 Å². The third kappa shape index (κ3) is 4.45. The van der Waals surface area contributed by atoms with Gasteiger partial charge in [-0.15, -0.1) is 0 Å². The largest absolute Gasteiger partial charge is 0.327 e. The Labute approximate surface area is 136 Å². The predicted molar refractivity (Wildman–Crippen MR) is 85.9 cm³/mol. The van der Waals surface area contributed by atoms with Gasteiger partial charge in [-0.05, 0) is 54.3 Å². The van der Waals surface area contributed by atoms with Gasteiger partial charge in [0.1, 0.15) is 5.82 Å². The normalized spacial score (nSPS) is 12.4. The van der Waals surface area contributed by atoms with Crippen LogP contribution in [0.25, 0.3) is 0 Å². The van der Waals surface area contributed by atoms with Crippen molar-refractivity contribution in [3.05, 3.63) is 67.9 Å². The van der Waals surface area contributed by atoms with Gasteiger partial charge in [0.2, 0.25) is 0 Å². The molecule has 2 aromatic rings. The second kappa shape index (κ2) is 6.90. The van der Waals surface area contributed by atoms with Gasteiger partial charge < -0.3 is 5.73 Å². The molecule has 0 aliphatic carbocycles. The molecule has 0 saturated carbocycles. The van der Waals surface area contributed by atoms with Crippen molar-refractivity contribution in [2.75, 3.05) is 0 Å². The van der Waals surface area contributed by atoms with Crippen LogP contribution in [0, 0.1) is 5.82 Å². The third-order valence-electron chi connectivity index (χ3n) is 2.92. The summed E-state index contributed by atoms with van der Waals surface area (Å²) in [6.45, 7) is 0. The molecule has 2 N–H and O–H groups in total. The van der Waals surface area contributed by atoms with Crippen LogP contribution in [0.5, 0.6) is 0 Å². The van der Waals surface area contributed by atoms with Gasteiger partial charge in [-0.2, -0.15) is 0 Å². The Balaban J connectivity index is 2.06. The van der Waals surface area contributed by atoms with Gasteiger partial charge in [-0.25, -0.2) is 4.39 Å². The van der Waals surface area contributed by atoms with E-state index in [1.807, 2.05) is 12.1 Å². The highest BCUT2D eigenvalue weighted by atomic mass is 79.9. The second-order valence-electron chi connectivity index (χ2n) is 4.68. The van der Waals surface area contributed by atoms with E-state index in [4.69, 9.17) is 28.9 Å². The lowest BCUT2D eigenvalue weighted by Crippen LogP contribution is -2.25. The number of benzene rings is 2. The van der Waals surface area contributed by atoms with Crippen LogP contribution in [-0.2, 0) is 12.8 Å². The van der Waals surface area contributed by atoms with E-state index in [9.17, 15) is 4.39 Å². The highest BCUT2D eigenvalue weighted by Gasteiger charge is 2.10. The fourth-order valence-electron chi connectivity index (χ4n) is 2.07. The van der Waals surface area contributed by atoms with Gasteiger partial charge in [-0.1, -0.05) is 45.2 Å². The Morgan fingerprint density at radius 3 is 2.50 bits per heavy atom. The van der Waals surface area contributed by atoms with E-state index in [0.29, 0.717) is 27.4 Å². The van der Waals surface area contributed by atoms with Crippen molar-refractivity contribution < 1.29 is 4.39 Å². The number of hydrogen-bond acceptors (Lipinski definition) is 1. The average Bonchev–Trinajstić information content (AvgIpc) is 2.31. The predicted octanol–water partition coefficient (Wildman–Crippen LogP) is 5.01. The Morgan fingerprint density at radius 1 is 1.10 bits per heavy atom. The quantitative estimate of drug-likeness (QED) is 0.797. The standard InChI is InChI=1S/C15H13BrCl2FN/c16-11-3-9(4-13(19)7-11)5-14(20)6-10-1-2-12(17)8-15(10)18/h1-4,7-8,14H,5-6,20H2. The minimum atomic E-state index is -0.272. The number of rotatable bonds is 4. The van der Waals surface area contributed by atoms with Crippen LogP contribution in [0.2, 0.25) is 10.0 Å². The molecule has 0 bridgehead atoms. The van der Waals surface area contributed by atoms with E-state index in [0.717, 1.165) is 11.1 Å². The highest BCUT2D eigenvalue weighted by Crippen LogP contribution is 2.23.